The van der Waals surface area contributed by atoms with Crippen molar-refractivity contribution in [3.8, 4) is 5.75 Å². The van der Waals surface area contributed by atoms with Gasteiger partial charge < -0.3 is 10.1 Å². The van der Waals surface area contributed by atoms with Gasteiger partial charge in [0.25, 0.3) is 0 Å². The molecule has 1 amide bonds. The van der Waals surface area contributed by atoms with E-state index in [-0.39, 0.29) is 30.9 Å². The predicted octanol–water partition coefficient (Wildman–Crippen LogP) is 1.91. The number of carbonyl (C=O) groups is 1. The number of hydrogen-bond acceptors (Lipinski definition) is 4. The zero-order valence-corrected chi connectivity index (χ0v) is 12.6. The van der Waals surface area contributed by atoms with Crippen LogP contribution in [0.4, 0.5) is 4.39 Å². The molecule has 1 aromatic heterocycles. The number of ether oxygens (including phenoxy) is 1. The van der Waals surface area contributed by atoms with Gasteiger partial charge in [0.1, 0.15) is 30.4 Å². The van der Waals surface area contributed by atoms with E-state index in [0.717, 1.165) is 6.42 Å². The highest BCUT2D eigenvalue weighted by molar-refractivity contribution is 5.75. The Morgan fingerprint density at radius 1 is 1.41 bits per heavy atom. The summed E-state index contributed by atoms with van der Waals surface area (Å²) in [4.78, 5) is 11.7. The number of benzene rings is 1. The van der Waals surface area contributed by atoms with Crippen LogP contribution in [-0.2, 0) is 17.9 Å². The van der Waals surface area contributed by atoms with Gasteiger partial charge in [-0.2, -0.15) is 0 Å². The molecule has 118 valence electrons. The Bertz CT molecular complexity index is 612. The molecule has 0 bridgehead atoms. The molecule has 0 saturated carbocycles. The van der Waals surface area contributed by atoms with Crippen LogP contribution in [0.25, 0.3) is 0 Å². The van der Waals surface area contributed by atoms with E-state index < -0.39 is 0 Å². The molecule has 0 spiro atoms. The van der Waals surface area contributed by atoms with Gasteiger partial charge in [0.15, 0.2) is 0 Å². The highest BCUT2D eigenvalue weighted by atomic mass is 19.1. The molecule has 2 rings (SSSR count). The first kappa shape index (κ1) is 15.9. The second kappa shape index (κ2) is 7.53. The Hall–Kier alpha value is -2.44. The summed E-state index contributed by atoms with van der Waals surface area (Å²) in [6.45, 7) is 4.28. The van der Waals surface area contributed by atoms with E-state index >= 15 is 0 Å². The number of halogens is 1. The molecule has 0 aliphatic heterocycles. The standard InChI is InChI=1S/C15H19FN4O2/c1-3-11(2)17-15(21)9-20-8-13(18-19-20)10-22-14-6-4-12(16)5-7-14/h4-8,11H,3,9-10H2,1-2H3,(H,17,21)/t11-/m1/s1. The minimum absolute atomic E-state index is 0.106. The van der Waals surface area contributed by atoms with Gasteiger partial charge >= 0.3 is 0 Å². The summed E-state index contributed by atoms with van der Waals surface area (Å²) in [5, 5.41) is 10.7. The third-order valence-electron chi connectivity index (χ3n) is 3.11. The van der Waals surface area contributed by atoms with Gasteiger partial charge in [-0.3, -0.25) is 4.79 Å². The first-order valence-corrected chi connectivity index (χ1v) is 7.13. The van der Waals surface area contributed by atoms with Crippen molar-refractivity contribution in [3.63, 3.8) is 0 Å². The van der Waals surface area contributed by atoms with Gasteiger partial charge in [0.2, 0.25) is 5.91 Å². The quantitative estimate of drug-likeness (QED) is 0.848. The minimum atomic E-state index is -0.314. The lowest BCUT2D eigenvalue weighted by Crippen LogP contribution is -2.34. The number of aromatic nitrogens is 3. The molecule has 1 N–H and O–H groups in total. The van der Waals surface area contributed by atoms with Crippen molar-refractivity contribution < 1.29 is 13.9 Å². The van der Waals surface area contributed by atoms with Crippen molar-refractivity contribution in [2.24, 2.45) is 0 Å². The smallest absolute Gasteiger partial charge is 0.242 e. The van der Waals surface area contributed by atoms with E-state index in [1.807, 2.05) is 13.8 Å². The Morgan fingerprint density at radius 3 is 2.82 bits per heavy atom. The second-order valence-corrected chi connectivity index (χ2v) is 5.03. The third kappa shape index (κ3) is 4.83. The van der Waals surface area contributed by atoms with E-state index in [4.69, 9.17) is 4.74 Å². The fraction of sp³-hybridized carbons (Fsp3) is 0.400. The lowest BCUT2D eigenvalue weighted by molar-refractivity contribution is -0.122. The maximum atomic E-state index is 12.8. The van der Waals surface area contributed by atoms with E-state index in [1.54, 1.807) is 18.3 Å². The van der Waals surface area contributed by atoms with Gasteiger partial charge in [-0.1, -0.05) is 12.1 Å². The summed E-state index contributed by atoms with van der Waals surface area (Å²) in [7, 11) is 0. The van der Waals surface area contributed by atoms with Crippen LogP contribution in [-0.4, -0.2) is 26.9 Å². The van der Waals surface area contributed by atoms with E-state index in [2.05, 4.69) is 15.6 Å². The monoisotopic (exact) mass is 306 g/mol. The largest absolute Gasteiger partial charge is 0.487 e. The molecule has 22 heavy (non-hydrogen) atoms. The Kier molecular flexibility index (Phi) is 5.46. The van der Waals surface area contributed by atoms with Crippen molar-refractivity contribution in [1.29, 1.82) is 0 Å². The topological polar surface area (TPSA) is 69.0 Å². The average Bonchev–Trinajstić information content (AvgIpc) is 2.93. The van der Waals surface area contributed by atoms with Crippen LogP contribution in [0.2, 0.25) is 0 Å². The van der Waals surface area contributed by atoms with Crippen molar-refractivity contribution in [2.45, 2.75) is 39.5 Å². The molecule has 0 aliphatic carbocycles. The van der Waals surface area contributed by atoms with E-state index in [9.17, 15) is 9.18 Å². The zero-order valence-electron chi connectivity index (χ0n) is 12.6. The Morgan fingerprint density at radius 2 is 2.14 bits per heavy atom. The number of rotatable bonds is 7. The van der Waals surface area contributed by atoms with Crippen LogP contribution in [0.5, 0.6) is 5.75 Å². The van der Waals surface area contributed by atoms with Crippen LogP contribution < -0.4 is 10.1 Å². The Labute approximate surface area is 128 Å². The Balaban J connectivity index is 1.83. The average molecular weight is 306 g/mol. The van der Waals surface area contributed by atoms with Gasteiger partial charge in [-0.25, -0.2) is 9.07 Å². The lowest BCUT2D eigenvalue weighted by Gasteiger charge is -2.10. The van der Waals surface area contributed by atoms with Crippen molar-refractivity contribution >= 4 is 5.91 Å². The van der Waals surface area contributed by atoms with Gasteiger partial charge in [-0.15, -0.1) is 5.10 Å². The third-order valence-corrected chi connectivity index (χ3v) is 3.11. The van der Waals surface area contributed by atoms with Crippen LogP contribution in [0.3, 0.4) is 0 Å². The number of nitrogens with zero attached hydrogens (tertiary/aromatic N) is 3. The lowest BCUT2D eigenvalue weighted by atomic mass is 10.2. The molecule has 1 atom stereocenters. The van der Waals surface area contributed by atoms with E-state index in [0.29, 0.717) is 11.4 Å². The van der Waals surface area contributed by atoms with Gasteiger partial charge in [0.05, 0.1) is 6.20 Å². The molecule has 1 heterocycles. The zero-order chi connectivity index (χ0) is 15.9. The van der Waals surface area contributed by atoms with Crippen molar-refractivity contribution in [3.05, 3.63) is 42.0 Å². The molecule has 0 aliphatic rings. The summed E-state index contributed by atoms with van der Waals surface area (Å²) < 4.78 is 19.7. The van der Waals surface area contributed by atoms with E-state index in [1.165, 1.54) is 16.8 Å². The molecular weight excluding hydrogens is 287 g/mol. The highest BCUT2D eigenvalue weighted by Crippen LogP contribution is 2.12. The second-order valence-electron chi connectivity index (χ2n) is 5.03. The number of amides is 1. The molecule has 0 saturated heterocycles. The molecule has 7 heteroatoms. The first-order chi connectivity index (χ1) is 10.6. The summed E-state index contributed by atoms with van der Waals surface area (Å²) in [6.07, 6.45) is 2.53. The summed E-state index contributed by atoms with van der Waals surface area (Å²) in [6, 6.07) is 5.87. The number of carbonyl (C=O) groups excluding carboxylic acids is 1. The normalized spacial score (nSPS) is 12.0. The molecule has 6 nitrogen and oxygen atoms in total. The number of nitrogens with one attached hydrogen (secondary N) is 1. The molecule has 1 aromatic carbocycles. The van der Waals surface area contributed by atoms with Crippen molar-refractivity contribution in [1.82, 2.24) is 20.3 Å². The van der Waals surface area contributed by atoms with Crippen LogP contribution in [0, 0.1) is 5.82 Å². The summed E-state index contributed by atoms with van der Waals surface area (Å²) >= 11 is 0. The molecule has 2 aromatic rings. The van der Waals surface area contributed by atoms with Crippen LogP contribution in [0.15, 0.2) is 30.5 Å². The van der Waals surface area contributed by atoms with Gasteiger partial charge in [0, 0.05) is 6.04 Å². The maximum Gasteiger partial charge on any atom is 0.242 e. The molecule has 0 radical (unpaired) electrons. The number of hydrogen-bond donors (Lipinski definition) is 1. The van der Waals surface area contributed by atoms with Crippen LogP contribution >= 0.6 is 0 Å². The fourth-order valence-corrected chi connectivity index (χ4v) is 1.74. The highest BCUT2D eigenvalue weighted by Gasteiger charge is 2.08. The predicted molar refractivity (Wildman–Crippen MR) is 78.6 cm³/mol. The van der Waals surface area contributed by atoms with Crippen molar-refractivity contribution in [2.75, 3.05) is 0 Å². The minimum Gasteiger partial charge on any atom is -0.487 e. The summed E-state index contributed by atoms with van der Waals surface area (Å²) in [5.74, 6) is 0.126. The van der Waals surface area contributed by atoms with Gasteiger partial charge in [-0.05, 0) is 37.6 Å². The SMILES string of the molecule is CC[C@@H](C)NC(=O)Cn1cc(COc2ccc(F)cc2)nn1. The molecule has 0 fully saturated rings. The molecule has 0 unspecified atom stereocenters. The molecular formula is C15H19FN4O2. The van der Waals surface area contributed by atoms with Crippen LogP contribution in [0.1, 0.15) is 26.0 Å². The summed E-state index contributed by atoms with van der Waals surface area (Å²) in [5.41, 5.74) is 0.598. The maximum absolute atomic E-state index is 12.8. The first-order valence-electron chi connectivity index (χ1n) is 7.13. The fourth-order valence-electron chi connectivity index (χ4n) is 1.74.